The molecule has 1 aromatic carbocycles. The Bertz CT molecular complexity index is 891. The number of hydrogen-bond donors (Lipinski definition) is 3. The van der Waals surface area contributed by atoms with E-state index in [9.17, 15) is 14.7 Å². The van der Waals surface area contributed by atoms with Crippen LogP contribution >= 0.6 is 0 Å². The molecule has 3 rings (SSSR count). The van der Waals surface area contributed by atoms with E-state index in [2.05, 4.69) is 10.3 Å². The van der Waals surface area contributed by atoms with Crippen LogP contribution in [0.4, 0.5) is 0 Å². The van der Waals surface area contributed by atoms with E-state index in [1.165, 1.54) is 6.33 Å². The van der Waals surface area contributed by atoms with Crippen LogP contribution in [0.3, 0.4) is 0 Å². The van der Waals surface area contributed by atoms with Gasteiger partial charge in [0.25, 0.3) is 5.91 Å². The third-order valence-corrected chi connectivity index (χ3v) is 3.90. The Morgan fingerprint density at radius 3 is 2.64 bits per heavy atom. The van der Waals surface area contributed by atoms with Crippen molar-refractivity contribution in [1.82, 2.24) is 14.7 Å². The predicted molar refractivity (Wildman–Crippen MR) is 90.2 cm³/mol. The molecular weight excluding hydrogens is 322 g/mol. The highest BCUT2D eigenvalue weighted by molar-refractivity contribution is 5.94. The Labute approximate surface area is 143 Å². The van der Waals surface area contributed by atoms with Crippen molar-refractivity contribution >= 4 is 17.4 Å². The quantitative estimate of drug-likeness (QED) is 0.624. The van der Waals surface area contributed by atoms with Crippen molar-refractivity contribution in [3.8, 4) is 0 Å². The summed E-state index contributed by atoms with van der Waals surface area (Å²) in [5.41, 5.74) is 1.75. The maximum absolute atomic E-state index is 12.5. The Balaban J connectivity index is 1.80. The highest BCUT2D eigenvalue weighted by Gasteiger charge is 2.28. The molecule has 0 aliphatic heterocycles. The molecule has 3 N–H and O–H groups in total. The van der Waals surface area contributed by atoms with Crippen LogP contribution in [0.5, 0.6) is 0 Å². The summed E-state index contributed by atoms with van der Waals surface area (Å²) in [5.74, 6) is -1.93. The van der Waals surface area contributed by atoms with E-state index in [4.69, 9.17) is 5.11 Å². The molecule has 2 aromatic heterocycles. The fourth-order valence-corrected chi connectivity index (χ4v) is 2.58. The number of carbonyl (C=O) groups excluding carboxylic acids is 1. The monoisotopic (exact) mass is 339 g/mol. The number of aliphatic hydroxyl groups is 1. The smallest absolute Gasteiger partial charge is 0.334 e. The predicted octanol–water partition coefficient (Wildman–Crippen LogP) is 1.12. The molecule has 7 heteroatoms. The maximum atomic E-state index is 12.5. The first-order valence-corrected chi connectivity index (χ1v) is 7.73. The van der Waals surface area contributed by atoms with Crippen molar-refractivity contribution in [2.45, 2.75) is 18.6 Å². The summed E-state index contributed by atoms with van der Waals surface area (Å²) in [6.07, 6.45) is 1.77. The standard InChI is InChI=1S/C18H17N3O4/c22-16(18(24)25)14(9-12-5-2-1-3-6-12)20-17(23)15-10-13-7-4-8-21(13)11-19-15/h1-8,10-11,14,16,22H,9H2,(H,20,23)(H,24,25)/t14-,16-/m1/s1. The number of amides is 1. The molecule has 3 aromatic rings. The number of aliphatic carboxylic acids is 1. The molecule has 2 atom stereocenters. The maximum Gasteiger partial charge on any atom is 0.334 e. The van der Waals surface area contributed by atoms with Gasteiger partial charge in [-0.05, 0) is 30.2 Å². The van der Waals surface area contributed by atoms with Gasteiger partial charge in [0.15, 0.2) is 6.10 Å². The molecule has 25 heavy (non-hydrogen) atoms. The van der Waals surface area contributed by atoms with E-state index >= 15 is 0 Å². The zero-order valence-corrected chi connectivity index (χ0v) is 13.2. The number of fused-ring (bicyclic) bond motifs is 1. The van der Waals surface area contributed by atoms with Crippen LogP contribution in [-0.4, -0.2) is 43.6 Å². The number of carboxylic acid groups (broad SMARTS) is 1. The second-order valence-electron chi connectivity index (χ2n) is 5.67. The lowest BCUT2D eigenvalue weighted by Crippen LogP contribution is -2.48. The van der Waals surface area contributed by atoms with E-state index in [0.29, 0.717) is 0 Å². The van der Waals surface area contributed by atoms with Gasteiger partial charge in [0, 0.05) is 11.7 Å². The average Bonchev–Trinajstić information content (AvgIpc) is 3.09. The van der Waals surface area contributed by atoms with Gasteiger partial charge < -0.3 is 19.9 Å². The van der Waals surface area contributed by atoms with E-state index in [1.54, 1.807) is 28.8 Å². The summed E-state index contributed by atoms with van der Waals surface area (Å²) in [6, 6.07) is 13.3. The number of rotatable bonds is 6. The van der Waals surface area contributed by atoms with Crippen LogP contribution in [0.25, 0.3) is 5.52 Å². The van der Waals surface area contributed by atoms with Gasteiger partial charge in [0.1, 0.15) is 5.69 Å². The number of nitrogens with zero attached hydrogens (tertiary/aromatic N) is 2. The molecule has 0 saturated heterocycles. The molecule has 0 unspecified atom stereocenters. The lowest BCUT2D eigenvalue weighted by molar-refractivity contribution is -0.148. The fourth-order valence-electron chi connectivity index (χ4n) is 2.58. The van der Waals surface area contributed by atoms with Gasteiger partial charge in [0.05, 0.1) is 12.4 Å². The number of nitrogens with one attached hydrogen (secondary N) is 1. The van der Waals surface area contributed by atoms with Gasteiger partial charge in [-0.25, -0.2) is 9.78 Å². The Morgan fingerprint density at radius 1 is 1.16 bits per heavy atom. The van der Waals surface area contributed by atoms with Crippen molar-refractivity contribution < 1.29 is 19.8 Å². The van der Waals surface area contributed by atoms with Crippen LogP contribution in [-0.2, 0) is 11.2 Å². The summed E-state index contributed by atoms with van der Waals surface area (Å²) >= 11 is 0. The number of benzene rings is 1. The number of hydrogen-bond acceptors (Lipinski definition) is 4. The largest absolute Gasteiger partial charge is 0.479 e. The second-order valence-corrected chi connectivity index (χ2v) is 5.67. The van der Waals surface area contributed by atoms with Gasteiger partial charge in [-0.2, -0.15) is 0 Å². The average molecular weight is 339 g/mol. The minimum absolute atomic E-state index is 0.154. The van der Waals surface area contributed by atoms with E-state index < -0.39 is 24.0 Å². The Hall–Kier alpha value is -3.19. The molecule has 0 spiro atoms. The van der Waals surface area contributed by atoms with Gasteiger partial charge in [-0.15, -0.1) is 0 Å². The van der Waals surface area contributed by atoms with Crippen molar-refractivity contribution in [3.63, 3.8) is 0 Å². The van der Waals surface area contributed by atoms with Crippen molar-refractivity contribution in [3.05, 3.63) is 72.3 Å². The lowest BCUT2D eigenvalue weighted by Gasteiger charge is -2.21. The first-order valence-electron chi connectivity index (χ1n) is 7.73. The van der Waals surface area contributed by atoms with Gasteiger partial charge in [0.2, 0.25) is 0 Å². The van der Waals surface area contributed by atoms with Crippen molar-refractivity contribution in [2.24, 2.45) is 0 Å². The van der Waals surface area contributed by atoms with Crippen molar-refractivity contribution in [1.29, 1.82) is 0 Å². The van der Waals surface area contributed by atoms with Gasteiger partial charge >= 0.3 is 5.97 Å². The topological polar surface area (TPSA) is 104 Å². The third-order valence-electron chi connectivity index (χ3n) is 3.90. The number of aliphatic hydroxyl groups excluding tert-OH is 1. The zero-order valence-electron chi connectivity index (χ0n) is 13.2. The molecule has 0 bridgehead atoms. The SMILES string of the molecule is O=C(N[C@H](Cc1ccccc1)[C@@H](O)C(=O)O)c1cc2cccn2cn1. The van der Waals surface area contributed by atoms with Gasteiger partial charge in [-0.1, -0.05) is 30.3 Å². The molecule has 0 aliphatic rings. The number of carbonyl (C=O) groups is 2. The van der Waals surface area contributed by atoms with E-state index in [1.807, 2.05) is 30.3 Å². The lowest BCUT2D eigenvalue weighted by atomic mass is 10.0. The van der Waals surface area contributed by atoms with E-state index in [0.717, 1.165) is 11.1 Å². The molecule has 7 nitrogen and oxygen atoms in total. The van der Waals surface area contributed by atoms with Crippen LogP contribution < -0.4 is 5.32 Å². The van der Waals surface area contributed by atoms with Crippen LogP contribution in [0.2, 0.25) is 0 Å². The minimum Gasteiger partial charge on any atom is -0.479 e. The van der Waals surface area contributed by atoms with Crippen LogP contribution in [0.15, 0.2) is 61.1 Å². The van der Waals surface area contributed by atoms with Crippen LogP contribution in [0.1, 0.15) is 16.1 Å². The molecule has 0 saturated carbocycles. The summed E-state index contributed by atoms with van der Waals surface area (Å²) in [7, 11) is 0. The first kappa shape index (κ1) is 16.7. The molecule has 128 valence electrons. The Kier molecular flexibility index (Phi) is 4.76. The summed E-state index contributed by atoms with van der Waals surface area (Å²) in [6.45, 7) is 0. The Morgan fingerprint density at radius 2 is 1.92 bits per heavy atom. The zero-order chi connectivity index (χ0) is 17.8. The minimum atomic E-state index is -1.72. The molecular formula is C18H17N3O4. The molecule has 1 amide bonds. The summed E-state index contributed by atoms with van der Waals surface area (Å²) in [4.78, 5) is 27.7. The van der Waals surface area contributed by atoms with Crippen molar-refractivity contribution in [2.75, 3.05) is 0 Å². The van der Waals surface area contributed by atoms with E-state index in [-0.39, 0.29) is 12.1 Å². The molecule has 2 heterocycles. The molecule has 0 radical (unpaired) electrons. The summed E-state index contributed by atoms with van der Waals surface area (Å²) < 4.78 is 1.75. The molecule has 0 fully saturated rings. The number of carboxylic acids is 1. The first-order chi connectivity index (χ1) is 12.0. The number of aromatic nitrogens is 2. The highest BCUT2D eigenvalue weighted by atomic mass is 16.4. The fraction of sp³-hybridized carbons (Fsp3) is 0.167. The van der Waals surface area contributed by atoms with Gasteiger partial charge in [-0.3, -0.25) is 4.79 Å². The highest BCUT2D eigenvalue weighted by Crippen LogP contribution is 2.09. The molecule has 0 aliphatic carbocycles. The normalized spacial score (nSPS) is 13.3. The van der Waals surface area contributed by atoms with Crippen LogP contribution in [0, 0.1) is 0 Å². The third kappa shape index (κ3) is 3.84. The summed E-state index contributed by atoms with van der Waals surface area (Å²) in [5, 5.41) is 21.6. The second kappa shape index (κ2) is 7.14.